The number of aryl methyl sites for hydroxylation is 1. The van der Waals surface area contributed by atoms with Crippen molar-refractivity contribution in [3.8, 4) is 0 Å². The van der Waals surface area contributed by atoms with E-state index in [2.05, 4.69) is 50.0 Å². The molecular formula is C14H28N4. The number of nitrogens with one attached hydrogen (secondary N) is 1. The van der Waals surface area contributed by atoms with Gasteiger partial charge in [-0.1, -0.05) is 34.6 Å². The van der Waals surface area contributed by atoms with Crippen LogP contribution in [0.5, 0.6) is 0 Å². The van der Waals surface area contributed by atoms with Crippen molar-refractivity contribution in [2.24, 2.45) is 11.8 Å². The van der Waals surface area contributed by atoms with Gasteiger partial charge in [-0.2, -0.15) is 5.10 Å². The Labute approximate surface area is 111 Å². The maximum atomic E-state index is 4.41. The Morgan fingerprint density at radius 3 is 2.56 bits per heavy atom. The molecule has 0 aliphatic rings. The predicted molar refractivity (Wildman–Crippen MR) is 75.5 cm³/mol. The number of nitrogens with zero attached hydrogens (tertiary/aromatic N) is 3. The van der Waals surface area contributed by atoms with E-state index in [1.54, 1.807) is 6.33 Å². The lowest BCUT2D eigenvalue weighted by Gasteiger charge is -2.27. The summed E-state index contributed by atoms with van der Waals surface area (Å²) in [6.07, 6.45) is 3.74. The summed E-state index contributed by atoms with van der Waals surface area (Å²) in [5.41, 5.74) is 0. The van der Waals surface area contributed by atoms with Crippen LogP contribution in [0.3, 0.4) is 0 Å². The second-order valence-electron chi connectivity index (χ2n) is 5.37. The Hall–Kier alpha value is -0.900. The van der Waals surface area contributed by atoms with Gasteiger partial charge in [-0.25, -0.2) is 4.98 Å². The number of likely N-dealkylation sites (N-methyl/N-ethyl adjacent to an activating group) is 1. The van der Waals surface area contributed by atoms with E-state index in [1.165, 1.54) is 0 Å². The zero-order valence-corrected chi connectivity index (χ0v) is 12.5. The number of rotatable bonds is 8. The molecule has 0 saturated carbocycles. The third-order valence-corrected chi connectivity index (χ3v) is 3.69. The summed E-state index contributed by atoms with van der Waals surface area (Å²) in [5.74, 6) is 2.42. The summed E-state index contributed by atoms with van der Waals surface area (Å²) in [6.45, 7) is 13.2. The van der Waals surface area contributed by atoms with Crippen LogP contribution in [0.4, 0.5) is 0 Å². The molecule has 0 aliphatic carbocycles. The van der Waals surface area contributed by atoms with Gasteiger partial charge >= 0.3 is 0 Å². The largest absolute Gasteiger partial charge is 0.314 e. The highest BCUT2D eigenvalue weighted by Gasteiger charge is 2.21. The first-order valence-electron chi connectivity index (χ1n) is 7.20. The molecule has 0 spiro atoms. The molecule has 0 saturated heterocycles. The molecule has 0 fully saturated rings. The highest BCUT2D eigenvalue weighted by atomic mass is 15.3. The second-order valence-corrected chi connectivity index (χ2v) is 5.37. The first-order valence-corrected chi connectivity index (χ1v) is 7.20. The van der Waals surface area contributed by atoms with Crippen LogP contribution < -0.4 is 5.32 Å². The molecule has 0 aliphatic heterocycles. The quantitative estimate of drug-likeness (QED) is 0.773. The molecule has 1 N–H and O–H groups in total. The van der Waals surface area contributed by atoms with Crippen LogP contribution >= 0.6 is 0 Å². The molecule has 2 atom stereocenters. The number of hydrogen-bond donors (Lipinski definition) is 1. The van der Waals surface area contributed by atoms with Gasteiger partial charge in [0.25, 0.3) is 0 Å². The van der Waals surface area contributed by atoms with Crippen LogP contribution in [0.15, 0.2) is 6.33 Å². The minimum Gasteiger partial charge on any atom is -0.314 e. The van der Waals surface area contributed by atoms with Crippen molar-refractivity contribution in [2.45, 2.75) is 60.0 Å². The van der Waals surface area contributed by atoms with E-state index >= 15 is 0 Å². The van der Waals surface area contributed by atoms with Gasteiger partial charge in [0.2, 0.25) is 0 Å². The molecule has 0 aromatic carbocycles. The molecule has 1 aromatic heterocycles. The van der Waals surface area contributed by atoms with E-state index in [-0.39, 0.29) is 0 Å². The van der Waals surface area contributed by atoms with Crippen molar-refractivity contribution in [3.63, 3.8) is 0 Å². The van der Waals surface area contributed by atoms with Gasteiger partial charge in [0.15, 0.2) is 0 Å². The van der Waals surface area contributed by atoms with Crippen LogP contribution in [-0.4, -0.2) is 27.4 Å². The van der Waals surface area contributed by atoms with Gasteiger partial charge in [0, 0.05) is 19.0 Å². The van der Waals surface area contributed by atoms with Gasteiger partial charge in [-0.15, -0.1) is 0 Å². The van der Waals surface area contributed by atoms with E-state index in [0.717, 1.165) is 31.8 Å². The fourth-order valence-electron chi connectivity index (χ4n) is 2.21. The average Bonchev–Trinajstić information content (AvgIpc) is 2.75. The summed E-state index contributed by atoms with van der Waals surface area (Å²) in [6, 6.07) is 0.481. The Bertz CT molecular complexity index is 332. The molecule has 1 aromatic rings. The van der Waals surface area contributed by atoms with Crippen LogP contribution in [0, 0.1) is 11.8 Å². The molecule has 0 radical (unpaired) electrons. The monoisotopic (exact) mass is 252 g/mol. The zero-order valence-electron chi connectivity index (χ0n) is 12.5. The van der Waals surface area contributed by atoms with Crippen molar-refractivity contribution in [1.29, 1.82) is 0 Å². The fourth-order valence-corrected chi connectivity index (χ4v) is 2.21. The van der Waals surface area contributed by atoms with E-state index < -0.39 is 0 Å². The van der Waals surface area contributed by atoms with Crippen molar-refractivity contribution in [3.05, 3.63) is 12.2 Å². The molecule has 2 unspecified atom stereocenters. The van der Waals surface area contributed by atoms with Gasteiger partial charge in [0.1, 0.15) is 12.2 Å². The Kier molecular flexibility index (Phi) is 6.33. The highest BCUT2D eigenvalue weighted by molar-refractivity contribution is 4.92. The number of hydrogen-bond acceptors (Lipinski definition) is 3. The van der Waals surface area contributed by atoms with E-state index in [0.29, 0.717) is 17.9 Å². The van der Waals surface area contributed by atoms with Crippen molar-refractivity contribution >= 4 is 0 Å². The van der Waals surface area contributed by atoms with Crippen LogP contribution in [0.2, 0.25) is 0 Å². The third kappa shape index (κ3) is 4.09. The maximum Gasteiger partial charge on any atom is 0.138 e. The Morgan fingerprint density at radius 2 is 2.00 bits per heavy atom. The van der Waals surface area contributed by atoms with Crippen molar-refractivity contribution in [1.82, 2.24) is 20.1 Å². The summed E-state index contributed by atoms with van der Waals surface area (Å²) in [4.78, 5) is 4.41. The molecule has 4 nitrogen and oxygen atoms in total. The molecule has 18 heavy (non-hydrogen) atoms. The second kappa shape index (κ2) is 7.52. The Morgan fingerprint density at radius 1 is 1.28 bits per heavy atom. The Balaban J connectivity index is 2.73. The third-order valence-electron chi connectivity index (χ3n) is 3.69. The zero-order chi connectivity index (χ0) is 13.5. The minimum absolute atomic E-state index is 0.481. The predicted octanol–water partition coefficient (Wildman–Crippen LogP) is 2.50. The van der Waals surface area contributed by atoms with Crippen LogP contribution in [0.1, 0.15) is 46.9 Å². The first kappa shape index (κ1) is 15.2. The van der Waals surface area contributed by atoms with Gasteiger partial charge < -0.3 is 5.32 Å². The van der Waals surface area contributed by atoms with Gasteiger partial charge in [0.05, 0.1) is 0 Å². The lowest BCUT2D eigenvalue weighted by atomic mass is 9.88. The standard InChI is InChI=1S/C14H28N4/c1-6-8-18-14(16-10-17-18)9-13(15-7-2)12(5)11(3)4/h10-13,15H,6-9H2,1-5H3. The lowest BCUT2D eigenvalue weighted by Crippen LogP contribution is -2.39. The molecular weight excluding hydrogens is 224 g/mol. The van der Waals surface area contributed by atoms with Crippen molar-refractivity contribution < 1.29 is 0 Å². The van der Waals surface area contributed by atoms with E-state index in [9.17, 15) is 0 Å². The van der Waals surface area contributed by atoms with Crippen molar-refractivity contribution in [2.75, 3.05) is 6.54 Å². The summed E-state index contributed by atoms with van der Waals surface area (Å²) in [7, 11) is 0. The van der Waals surface area contributed by atoms with E-state index in [4.69, 9.17) is 0 Å². The fraction of sp³-hybridized carbons (Fsp3) is 0.857. The first-order chi connectivity index (χ1) is 8.60. The molecule has 0 amide bonds. The maximum absolute atomic E-state index is 4.41. The average molecular weight is 252 g/mol. The highest BCUT2D eigenvalue weighted by Crippen LogP contribution is 2.17. The van der Waals surface area contributed by atoms with Crippen LogP contribution in [-0.2, 0) is 13.0 Å². The van der Waals surface area contributed by atoms with Gasteiger partial charge in [-0.3, -0.25) is 4.68 Å². The summed E-state index contributed by atoms with van der Waals surface area (Å²) < 4.78 is 2.04. The number of aromatic nitrogens is 3. The normalized spacial score (nSPS) is 15.0. The molecule has 0 bridgehead atoms. The topological polar surface area (TPSA) is 42.7 Å². The smallest absolute Gasteiger partial charge is 0.138 e. The molecule has 4 heteroatoms. The van der Waals surface area contributed by atoms with E-state index in [1.807, 2.05) is 4.68 Å². The molecule has 1 heterocycles. The van der Waals surface area contributed by atoms with Crippen LogP contribution in [0.25, 0.3) is 0 Å². The summed E-state index contributed by atoms with van der Waals surface area (Å²) in [5, 5.41) is 7.89. The SMILES string of the molecule is CCCn1ncnc1CC(NCC)C(C)C(C)C. The molecule has 1 rings (SSSR count). The minimum atomic E-state index is 0.481. The van der Waals surface area contributed by atoms with Gasteiger partial charge in [-0.05, 0) is 24.8 Å². The summed E-state index contributed by atoms with van der Waals surface area (Å²) >= 11 is 0. The molecule has 104 valence electrons. The lowest BCUT2D eigenvalue weighted by molar-refractivity contribution is 0.294.